The molecule has 0 radical (unpaired) electrons. The zero-order valence-corrected chi connectivity index (χ0v) is 15.7. The Hall–Kier alpha value is -2.14. The lowest BCUT2D eigenvalue weighted by molar-refractivity contribution is -0.122. The van der Waals surface area contributed by atoms with E-state index in [0.29, 0.717) is 19.0 Å². The number of amides is 1. The van der Waals surface area contributed by atoms with Crippen molar-refractivity contribution in [3.63, 3.8) is 0 Å². The standard InChI is InChI=1S/C21H30N4O/c1-2-3-13-25-14-11-22-21(25)19-10-7-12-24(16-19)17-20(26)23-15-18-8-5-4-6-9-18/h4-6,8-9,11,14,19H,2-3,7,10,12-13,15-17H2,1H3,(H,23,26). The summed E-state index contributed by atoms with van der Waals surface area (Å²) in [5.74, 6) is 1.72. The lowest BCUT2D eigenvalue weighted by atomic mass is 9.97. The minimum absolute atomic E-state index is 0.101. The van der Waals surface area contributed by atoms with Gasteiger partial charge in [0.1, 0.15) is 5.82 Å². The number of unbranched alkanes of at least 4 members (excludes halogenated alkanes) is 1. The zero-order chi connectivity index (χ0) is 18.2. The Morgan fingerprint density at radius 3 is 2.96 bits per heavy atom. The summed E-state index contributed by atoms with van der Waals surface area (Å²) < 4.78 is 2.30. The van der Waals surface area contributed by atoms with Crippen LogP contribution < -0.4 is 5.32 Å². The van der Waals surface area contributed by atoms with Crippen LogP contribution in [0.15, 0.2) is 42.7 Å². The van der Waals surface area contributed by atoms with Gasteiger partial charge in [0.15, 0.2) is 0 Å². The number of hydrogen-bond donors (Lipinski definition) is 1. The molecule has 1 unspecified atom stereocenters. The second-order valence-electron chi connectivity index (χ2n) is 7.17. The Morgan fingerprint density at radius 1 is 1.31 bits per heavy atom. The van der Waals surface area contributed by atoms with E-state index >= 15 is 0 Å². The third-order valence-electron chi connectivity index (χ3n) is 5.07. The molecule has 0 spiro atoms. The SMILES string of the molecule is CCCCn1ccnc1C1CCCN(CC(=O)NCc2ccccc2)C1. The van der Waals surface area contributed by atoms with E-state index in [1.54, 1.807) is 0 Å². The molecule has 1 aliphatic heterocycles. The third kappa shape index (κ3) is 5.18. The number of hydrogen-bond acceptors (Lipinski definition) is 3. The molecule has 1 amide bonds. The summed E-state index contributed by atoms with van der Waals surface area (Å²) >= 11 is 0. The lowest BCUT2D eigenvalue weighted by Gasteiger charge is -2.32. The number of carbonyl (C=O) groups excluding carboxylic acids is 1. The molecule has 26 heavy (non-hydrogen) atoms. The van der Waals surface area contributed by atoms with Crippen LogP contribution in [0.1, 0.15) is 49.9 Å². The highest BCUT2D eigenvalue weighted by Crippen LogP contribution is 2.25. The van der Waals surface area contributed by atoms with Gasteiger partial charge in [0.2, 0.25) is 5.91 Å². The van der Waals surface area contributed by atoms with E-state index in [1.165, 1.54) is 18.7 Å². The Kier molecular flexibility index (Phi) is 6.83. The predicted molar refractivity (Wildman–Crippen MR) is 104 cm³/mol. The quantitative estimate of drug-likeness (QED) is 0.792. The molecule has 0 saturated carbocycles. The first kappa shape index (κ1) is 18.6. The molecule has 5 heteroatoms. The van der Waals surface area contributed by atoms with Gasteiger partial charge in [-0.15, -0.1) is 0 Å². The van der Waals surface area contributed by atoms with E-state index in [4.69, 9.17) is 0 Å². The van der Waals surface area contributed by atoms with Crippen molar-refractivity contribution in [3.05, 3.63) is 54.1 Å². The first-order valence-corrected chi connectivity index (χ1v) is 9.80. The van der Waals surface area contributed by atoms with Crippen LogP contribution in [0.4, 0.5) is 0 Å². The summed E-state index contributed by atoms with van der Waals surface area (Å²) in [4.78, 5) is 19.2. The molecular formula is C21H30N4O. The normalized spacial score (nSPS) is 18.0. The van der Waals surface area contributed by atoms with Gasteiger partial charge < -0.3 is 9.88 Å². The minimum atomic E-state index is 0.101. The summed E-state index contributed by atoms with van der Waals surface area (Å²) in [5.41, 5.74) is 1.13. The smallest absolute Gasteiger partial charge is 0.234 e. The number of imidazole rings is 1. The average Bonchev–Trinajstić information content (AvgIpc) is 3.14. The van der Waals surface area contributed by atoms with E-state index in [0.717, 1.165) is 38.0 Å². The number of likely N-dealkylation sites (tertiary alicyclic amines) is 1. The zero-order valence-electron chi connectivity index (χ0n) is 15.7. The third-order valence-corrected chi connectivity index (χ3v) is 5.07. The number of aromatic nitrogens is 2. The monoisotopic (exact) mass is 354 g/mol. The van der Waals surface area contributed by atoms with Crippen LogP contribution in [0.5, 0.6) is 0 Å². The number of nitrogens with zero attached hydrogens (tertiary/aromatic N) is 3. The molecule has 1 aliphatic rings. The fourth-order valence-corrected chi connectivity index (χ4v) is 3.66. The van der Waals surface area contributed by atoms with Gasteiger partial charge in [-0.1, -0.05) is 43.7 Å². The molecule has 0 aliphatic carbocycles. The topological polar surface area (TPSA) is 50.2 Å². The maximum Gasteiger partial charge on any atom is 0.234 e. The molecule has 1 N–H and O–H groups in total. The van der Waals surface area contributed by atoms with Crippen molar-refractivity contribution in [1.82, 2.24) is 19.8 Å². The molecular weight excluding hydrogens is 324 g/mol. The molecule has 2 heterocycles. The molecule has 3 rings (SSSR count). The van der Waals surface area contributed by atoms with Crippen molar-refractivity contribution in [3.8, 4) is 0 Å². The number of nitrogens with one attached hydrogen (secondary N) is 1. The van der Waals surface area contributed by atoms with Crippen molar-refractivity contribution in [2.24, 2.45) is 0 Å². The van der Waals surface area contributed by atoms with Gasteiger partial charge in [0.05, 0.1) is 6.54 Å². The van der Waals surface area contributed by atoms with E-state index in [-0.39, 0.29) is 5.91 Å². The van der Waals surface area contributed by atoms with Crippen molar-refractivity contribution in [1.29, 1.82) is 0 Å². The van der Waals surface area contributed by atoms with Gasteiger partial charge in [-0.25, -0.2) is 4.98 Å². The van der Waals surface area contributed by atoms with Crippen LogP contribution in [-0.2, 0) is 17.9 Å². The Balaban J connectivity index is 1.50. The maximum absolute atomic E-state index is 12.3. The number of rotatable bonds is 8. The molecule has 1 atom stereocenters. The molecule has 2 aromatic rings. The van der Waals surface area contributed by atoms with Gasteiger partial charge >= 0.3 is 0 Å². The molecule has 1 fully saturated rings. The number of benzene rings is 1. The van der Waals surface area contributed by atoms with Gasteiger partial charge in [-0.05, 0) is 31.4 Å². The van der Waals surface area contributed by atoms with Gasteiger partial charge in [-0.2, -0.15) is 0 Å². The van der Waals surface area contributed by atoms with Crippen LogP contribution in [0.2, 0.25) is 0 Å². The summed E-state index contributed by atoms with van der Waals surface area (Å²) in [6.07, 6.45) is 8.66. The van der Waals surface area contributed by atoms with E-state index in [1.807, 2.05) is 36.5 Å². The second-order valence-corrected chi connectivity index (χ2v) is 7.17. The molecule has 1 aromatic carbocycles. The average molecular weight is 354 g/mol. The van der Waals surface area contributed by atoms with E-state index in [9.17, 15) is 4.79 Å². The lowest BCUT2D eigenvalue weighted by Crippen LogP contribution is -2.42. The first-order valence-electron chi connectivity index (χ1n) is 9.80. The Bertz CT molecular complexity index is 682. The molecule has 140 valence electrons. The summed E-state index contributed by atoms with van der Waals surface area (Å²) in [6.45, 7) is 6.23. The summed E-state index contributed by atoms with van der Waals surface area (Å²) in [6, 6.07) is 10.1. The minimum Gasteiger partial charge on any atom is -0.351 e. The van der Waals surface area contributed by atoms with Crippen LogP contribution in [0, 0.1) is 0 Å². The fraction of sp³-hybridized carbons (Fsp3) is 0.524. The van der Waals surface area contributed by atoms with Gasteiger partial charge in [0, 0.05) is 37.9 Å². The van der Waals surface area contributed by atoms with E-state index < -0.39 is 0 Å². The summed E-state index contributed by atoms with van der Waals surface area (Å²) in [7, 11) is 0. The highest BCUT2D eigenvalue weighted by atomic mass is 16.2. The van der Waals surface area contributed by atoms with Crippen LogP contribution in [0.25, 0.3) is 0 Å². The van der Waals surface area contributed by atoms with E-state index in [2.05, 4.69) is 32.9 Å². The van der Waals surface area contributed by atoms with Crippen molar-refractivity contribution in [2.45, 2.75) is 51.6 Å². The Labute approximate surface area is 156 Å². The molecule has 1 aromatic heterocycles. The Morgan fingerprint density at radius 2 is 2.15 bits per heavy atom. The van der Waals surface area contributed by atoms with Crippen LogP contribution in [0.3, 0.4) is 0 Å². The van der Waals surface area contributed by atoms with Crippen LogP contribution in [-0.4, -0.2) is 40.0 Å². The predicted octanol–water partition coefficient (Wildman–Crippen LogP) is 3.18. The number of carbonyl (C=O) groups is 1. The number of piperidine rings is 1. The molecule has 1 saturated heterocycles. The summed E-state index contributed by atoms with van der Waals surface area (Å²) in [5, 5.41) is 3.03. The largest absolute Gasteiger partial charge is 0.351 e. The van der Waals surface area contributed by atoms with Crippen molar-refractivity contribution in [2.75, 3.05) is 19.6 Å². The molecule has 0 bridgehead atoms. The van der Waals surface area contributed by atoms with Crippen molar-refractivity contribution < 1.29 is 4.79 Å². The maximum atomic E-state index is 12.3. The molecule has 5 nitrogen and oxygen atoms in total. The van der Waals surface area contributed by atoms with Gasteiger partial charge in [-0.3, -0.25) is 9.69 Å². The first-order chi connectivity index (χ1) is 12.8. The fourth-order valence-electron chi connectivity index (χ4n) is 3.66. The number of aryl methyl sites for hydroxylation is 1. The highest BCUT2D eigenvalue weighted by Gasteiger charge is 2.25. The van der Waals surface area contributed by atoms with Gasteiger partial charge in [0.25, 0.3) is 0 Å². The second kappa shape index (κ2) is 9.53. The van der Waals surface area contributed by atoms with Crippen LogP contribution >= 0.6 is 0 Å². The highest BCUT2D eigenvalue weighted by molar-refractivity contribution is 5.78. The van der Waals surface area contributed by atoms with Crippen molar-refractivity contribution >= 4 is 5.91 Å².